The topological polar surface area (TPSA) is 46.5 Å². The van der Waals surface area contributed by atoms with E-state index in [1.54, 1.807) is 0 Å². The van der Waals surface area contributed by atoms with E-state index in [0.717, 1.165) is 0 Å². The van der Waals surface area contributed by atoms with Crippen LogP contribution >= 0.6 is 15.9 Å². The maximum Gasteiger partial charge on any atom is 0.335 e. The molecule has 0 fully saturated rings. The molecule has 0 rings (SSSR count). The van der Waals surface area contributed by atoms with Gasteiger partial charge < -0.3 is 9.84 Å². The highest BCUT2D eigenvalue weighted by Gasteiger charge is 2.11. The van der Waals surface area contributed by atoms with Crippen LogP contribution in [-0.2, 0) is 9.53 Å². The van der Waals surface area contributed by atoms with E-state index in [0.29, 0.717) is 0 Å². The molecule has 0 radical (unpaired) electrons. The molecule has 1 N–H and O–H groups in total. The van der Waals surface area contributed by atoms with Gasteiger partial charge in [0.25, 0.3) is 0 Å². The van der Waals surface area contributed by atoms with Crippen LogP contribution in [0, 0.1) is 0 Å². The summed E-state index contributed by atoms with van der Waals surface area (Å²) in [6.45, 7) is 0. The van der Waals surface area contributed by atoms with Crippen molar-refractivity contribution < 1.29 is 14.6 Å². The van der Waals surface area contributed by atoms with Crippen LogP contribution in [0.15, 0.2) is 0 Å². The minimum atomic E-state index is -1.03. The zero-order chi connectivity index (χ0) is 6.57. The Kier molecular flexibility index (Phi) is 3.81. The second-order valence-electron chi connectivity index (χ2n) is 1.19. The van der Waals surface area contributed by atoms with E-state index < -0.39 is 12.1 Å². The Bertz CT molecular complexity index is 83.4. The van der Waals surface area contributed by atoms with Crippen molar-refractivity contribution in [2.45, 2.75) is 6.10 Å². The van der Waals surface area contributed by atoms with Crippen molar-refractivity contribution in [2.24, 2.45) is 0 Å². The molecule has 3 nitrogen and oxygen atoms in total. The van der Waals surface area contributed by atoms with Crippen molar-refractivity contribution in [3.8, 4) is 0 Å². The van der Waals surface area contributed by atoms with Crippen LogP contribution in [0.2, 0.25) is 0 Å². The molecule has 48 valence electrons. The van der Waals surface area contributed by atoms with Crippen LogP contribution in [-0.4, -0.2) is 29.6 Å². The van der Waals surface area contributed by atoms with Crippen molar-refractivity contribution in [3.63, 3.8) is 0 Å². The summed E-state index contributed by atoms with van der Waals surface area (Å²) in [5, 5.41) is 8.83. The molecular formula is C4H7BrO3. The maximum atomic E-state index is 10.2. The number of methoxy groups -OCH3 is 1. The first-order valence-corrected chi connectivity index (χ1v) is 3.16. The summed E-state index contributed by atoms with van der Waals surface area (Å²) in [7, 11) is 1.23. The molecule has 0 amide bonds. The van der Waals surface area contributed by atoms with Gasteiger partial charge in [0.2, 0.25) is 0 Å². The average Bonchev–Trinajstić information content (AvgIpc) is 1.84. The largest absolute Gasteiger partial charge is 0.467 e. The predicted molar refractivity (Wildman–Crippen MR) is 31.8 cm³/mol. The van der Waals surface area contributed by atoms with Gasteiger partial charge in [0.05, 0.1) is 7.11 Å². The van der Waals surface area contributed by atoms with E-state index in [2.05, 4.69) is 20.7 Å². The number of esters is 1. The molecule has 1 atom stereocenters. The second kappa shape index (κ2) is 3.86. The number of hydrogen-bond acceptors (Lipinski definition) is 3. The number of rotatable bonds is 2. The molecular weight excluding hydrogens is 176 g/mol. The summed E-state index contributed by atoms with van der Waals surface area (Å²) in [6.07, 6.45) is -1.03. The Balaban J connectivity index is 3.46. The highest BCUT2D eigenvalue weighted by atomic mass is 79.9. The van der Waals surface area contributed by atoms with Crippen LogP contribution < -0.4 is 0 Å². The third kappa shape index (κ3) is 2.28. The first-order chi connectivity index (χ1) is 3.72. The molecule has 1 unspecified atom stereocenters. The smallest absolute Gasteiger partial charge is 0.335 e. The number of halogens is 1. The number of hydrogen-bond donors (Lipinski definition) is 1. The second-order valence-corrected chi connectivity index (χ2v) is 1.84. The lowest BCUT2D eigenvalue weighted by molar-refractivity contribution is -0.148. The molecule has 0 aromatic carbocycles. The fraction of sp³-hybridized carbons (Fsp3) is 0.750. The number of aliphatic hydroxyl groups is 1. The van der Waals surface area contributed by atoms with E-state index in [-0.39, 0.29) is 5.33 Å². The fourth-order valence-electron chi connectivity index (χ4n) is 0.199. The maximum absolute atomic E-state index is 10.2. The molecule has 0 saturated heterocycles. The van der Waals surface area contributed by atoms with E-state index >= 15 is 0 Å². The number of carbonyl (C=O) groups excluding carboxylic acids is 1. The molecule has 0 bridgehead atoms. The normalized spacial score (nSPS) is 12.9. The lowest BCUT2D eigenvalue weighted by Gasteiger charge is -2.01. The predicted octanol–water partition coefficient (Wildman–Crippen LogP) is -0.0848. The van der Waals surface area contributed by atoms with Crippen molar-refractivity contribution in [1.82, 2.24) is 0 Å². The van der Waals surface area contributed by atoms with Gasteiger partial charge in [-0.2, -0.15) is 0 Å². The Labute approximate surface area is 55.8 Å². The lowest BCUT2D eigenvalue weighted by Crippen LogP contribution is -2.22. The van der Waals surface area contributed by atoms with Crippen molar-refractivity contribution in [3.05, 3.63) is 0 Å². The quantitative estimate of drug-likeness (QED) is 0.480. The molecule has 4 heteroatoms. The van der Waals surface area contributed by atoms with Crippen molar-refractivity contribution in [2.75, 3.05) is 12.4 Å². The minimum absolute atomic E-state index is 0.222. The minimum Gasteiger partial charge on any atom is -0.467 e. The Morgan fingerprint density at radius 3 is 2.62 bits per heavy atom. The van der Waals surface area contributed by atoms with Gasteiger partial charge in [0.1, 0.15) is 0 Å². The molecule has 0 aliphatic heterocycles. The van der Waals surface area contributed by atoms with Crippen LogP contribution in [0.1, 0.15) is 0 Å². The molecule has 0 heterocycles. The standard InChI is InChI=1S/C4H7BrO3/c1-8-4(7)3(6)2-5/h3,6H,2H2,1H3. The van der Waals surface area contributed by atoms with E-state index in [9.17, 15) is 4.79 Å². The van der Waals surface area contributed by atoms with Crippen LogP contribution in [0.25, 0.3) is 0 Å². The summed E-state index contributed by atoms with van der Waals surface area (Å²) in [5.41, 5.74) is 0. The molecule has 0 spiro atoms. The summed E-state index contributed by atoms with van der Waals surface area (Å²) < 4.78 is 4.18. The summed E-state index contributed by atoms with van der Waals surface area (Å²) in [5.74, 6) is -0.609. The number of aliphatic hydroxyl groups excluding tert-OH is 1. The third-order valence-electron chi connectivity index (χ3n) is 0.619. The highest BCUT2D eigenvalue weighted by Crippen LogP contribution is 1.91. The number of ether oxygens (including phenoxy) is 1. The van der Waals surface area contributed by atoms with Crippen molar-refractivity contribution >= 4 is 21.9 Å². The first-order valence-electron chi connectivity index (χ1n) is 2.04. The molecule has 0 aromatic heterocycles. The highest BCUT2D eigenvalue weighted by molar-refractivity contribution is 9.09. The molecule has 0 saturated carbocycles. The third-order valence-corrected chi connectivity index (χ3v) is 1.23. The summed E-state index contributed by atoms with van der Waals surface area (Å²) >= 11 is 2.91. The van der Waals surface area contributed by atoms with E-state index in [1.165, 1.54) is 7.11 Å². The average molecular weight is 183 g/mol. The molecule has 0 aliphatic carbocycles. The van der Waals surface area contributed by atoms with Gasteiger partial charge >= 0.3 is 5.97 Å². The molecule has 0 aliphatic rings. The first kappa shape index (κ1) is 7.91. The zero-order valence-corrected chi connectivity index (χ0v) is 6.01. The van der Waals surface area contributed by atoms with Gasteiger partial charge in [-0.3, -0.25) is 0 Å². The van der Waals surface area contributed by atoms with E-state index in [1.807, 2.05) is 0 Å². The number of alkyl halides is 1. The summed E-state index contributed by atoms with van der Waals surface area (Å²) in [6, 6.07) is 0. The van der Waals surface area contributed by atoms with E-state index in [4.69, 9.17) is 5.11 Å². The molecule has 8 heavy (non-hydrogen) atoms. The Morgan fingerprint density at radius 1 is 2.00 bits per heavy atom. The van der Waals surface area contributed by atoms with Crippen molar-refractivity contribution in [1.29, 1.82) is 0 Å². The van der Waals surface area contributed by atoms with Gasteiger partial charge in [-0.05, 0) is 0 Å². The van der Waals surface area contributed by atoms with Crippen LogP contribution in [0.3, 0.4) is 0 Å². The number of carbonyl (C=O) groups is 1. The Hall–Kier alpha value is -0.0900. The fourth-order valence-corrected chi connectivity index (χ4v) is 0.463. The van der Waals surface area contributed by atoms with Gasteiger partial charge in [-0.15, -0.1) is 0 Å². The van der Waals surface area contributed by atoms with Gasteiger partial charge in [-0.25, -0.2) is 4.79 Å². The van der Waals surface area contributed by atoms with Gasteiger partial charge in [-0.1, -0.05) is 15.9 Å². The molecule has 0 aromatic rings. The lowest BCUT2D eigenvalue weighted by atomic mass is 10.4. The summed E-state index contributed by atoms with van der Waals surface area (Å²) in [4.78, 5) is 10.2. The monoisotopic (exact) mass is 182 g/mol. The Morgan fingerprint density at radius 2 is 2.50 bits per heavy atom. The van der Waals surface area contributed by atoms with Crippen LogP contribution in [0.5, 0.6) is 0 Å². The van der Waals surface area contributed by atoms with Gasteiger partial charge in [0.15, 0.2) is 6.10 Å². The zero-order valence-electron chi connectivity index (χ0n) is 4.43. The SMILES string of the molecule is COC(=O)C(O)CBr. The van der Waals surface area contributed by atoms with Crippen LogP contribution in [0.4, 0.5) is 0 Å². The van der Waals surface area contributed by atoms with Gasteiger partial charge in [0, 0.05) is 5.33 Å².